The van der Waals surface area contributed by atoms with Crippen molar-refractivity contribution in [2.75, 3.05) is 0 Å². The third kappa shape index (κ3) is 1.14. The van der Waals surface area contributed by atoms with Crippen molar-refractivity contribution in [3.05, 3.63) is 80.3 Å². The van der Waals surface area contributed by atoms with Crippen LogP contribution in [0.15, 0.2) is 36.4 Å². The van der Waals surface area contributed by atoms with Gasteiger partial charge in [0.05, 0.1) is 0 Å². The summed E-state index contributed by atoms with van der Waals surface area (Å²) in [5, 5.41) is 23.6. The van der Waals surface area contributed by atoms with E-state index in [1.165, 1.54) is 12.8 Å². The highest BCUT2D eigenvalue weighted by molar-refractivity contribution is 6.50. The van der Waals surface area contributed by atoms with Crippen molar-refractivity contribution in [2.24, 2.45) is 35.5 Å². The maximum absolute atomic E-state index is 2.73. The highest BCUT2D eigenvalue weighted by atomic mass is 14.7. The number of benzene rings is 3. The van der Waals surface area contributed by atoms with E-state index >= 15 is 0 Å². The Kier molecular flexibility index (Phi) is 1.88. The van der Waals surface area contributed by atoms with Gasteiger partial charge in [-0.1, -0.05) is 48.6 Å². The zero-order valence-corrected chi connectivity index (χ0v) is 21.7. The van der Waals surface area contributed by atoms with Crippen LogP contribution in [-0.4, -0.2) is 0 Å². The van der Waals surface area contributed by atoms with E-state index < -0.39 is 0 Å². The second-order valence-electron chi connectivity index (χ2n) is 15.1. The molecule has 9 aliphatic carbocycles. The van der Waals surface area contributed by atoms with Gasteiger partial charge in [-0.15, -0.1) is 0 Å². The van der Waals surface area contributed by atoms with Gasteiger partial charge in [-0.2, -0.15) is 0 Å². The molecule has 180 valence electrons. The fourth-order valence-corrected chi connectivity index (χ4v) is 14.2. The Labute approximate surface area is 228 Å². The molecule has 0 amide bonds. The summed E-state index contributed by atoms with van der Waals surface area (Å²) in [6, 6.07) is 5.08. The lowest BCUT2D eigenvalue weighted by Crippen LogP contribution is -2.42. The molecular formula is C40H20. The third-order valence-corrected chi connectivity index (χ3v) is 14.7. The number of rotatable bonds is 0. The maximum Gasteiger partial charge on any atom is 0.0142 e. The van der Waals surface area contributed by atoms with E-state index in [1.807, 2.05) is 11.1 Å². The number of hydrogen-bond acceptors (Lipinski definition) is 0. The van der Waals surface area contributed by atoms with Gasteiger partial charge in [0.25, 0.3) is 0 Å². The predicted octanol–water partition coefficient (Wildman–Crippen LogP) is 7.31. The molecule has 16 rings (SSSR count). The molecule has 0 aliphatic heterocycles. The van der Waals surface area contributed by atoms with Crippen LogP contribution in [0.3, 0.4) is 0 Å². The first-order chi connectivity index (χ1) is 19.9. The molecule has 0 bridgehead atoms. The van der Waals surface area contributed by atoms with Gasteiger partial charge >= 0.3 is 0 Å². The van der Waals surface area contributed by atoms with Gasteiger partial charge < -0.3 is 0 Å². The van der Waals surface area contributed by atoms with Crippen molar-refractivity contribution in [1.82, 2.24) is 0 Å². The first-order valence-electron chi connectivity index (χ1n) is 15.8. The number of aryl methyl sites for hydroxylation is 2. The van der Waals surface area contributed by atoms with Crippen LogP contribution < -0.4 is 10.4 Å². The fraction of sp³-hybridized carbons (Fsp3) is 0.250. The van der Waals surface area contributed by atoms with Crippen molar-refractivity contribution in [1.29, 1.82) is 0 Å². The molecule has 0 radical (unpaired) electrons. The molecule has 0 spiro atoms. The Hall–Kier alpha value is -3.90. The summed E-state index contributed by atoms with van der Waals surface area (Å²) in [6.07, 6.45) is 18.5. The third-order valence-electron chi connectivity index (χ3n) is 14.7. The smallest absolute Gasteiger partial charge is 0.0142 e. The van der Waals surface area contributed by atoms with E-state index in [0.717, 1.165) is 0 Å². The molecule has 8 unspecified atom stereocenters. The summed E-state index contributed by atoms with van der Waals surface area (Å²) in [5.74, 6) is 5.24. The first kappa shape index (κ1) is 17.0. The van der Waals surface area contributed by atoms with E-state index in [-0.39, 0.29) is 0 Å². The van der Waals surface area contributed by atoms with Crippen LogP contribution in [-0.2, 0) is 12.8 Å². The van der Waals surface area contributed by atoms with Crippen LogP contribution in [0.2, 0.25) is 0 Å². The van der Waals surface area contributed by atoms with Gasteiger partial charge in [0, 0.05) is 11.8 Å². The molecule has 0 heteroatoms. The fourth-order valence-electron chi connectivity index (χ4n) is 14.2. The molecule has 0 nitrogen and oxygen atoms in total. The number of fused-ring (bicyclic) bond motifs is 5. The van der Waals surface area contributed by atoms with Crippen LogP contribution in [0.25, 0.3) is 87.9 Å². The lowest BCUT2D eigenvalue weighted by Gasteiger charge is -2.38. The lowest BCUT2D eigenvalue weighted by atomic mass is 9.66. The van der Waals surface area contributed by atoms with Gasteiger partial charge in [-0.3, -0.25) is 0 Å². The summed E-state index contributed by atoms with van der Waals surface area (Å²) in [6.45, 7) is 0. The average Bonchev–Trinajstić information content (AvgIpc) is 3.79. The van der Waals surface area contributed by atoms with Crippen LogP contribution in [0.5, 0.6) is 0 Å². The minimum atomic E-state index is 0.596. The molecule has 2 saturated carbocycles. The molecule has 2 fully saturated rings. The zero-order chi connectivity index (χ0) is 24.4. The van der Waals surface area contributed by atoms with Crippen molar-refractivity contribution >= 4 is 87.9 Å². The van der Waals surface area contributed by atoms with Crippen LogP contribution >= 0.6 is 0 Å². The molecule has 0 aromatic heterocycles. The van der Waals surface area contributed by atoms with Gasteiger partial charge in [0.15, 0.2) is 0 Å². The Morgan fingerprint density at radius 1 is 0.450 bits per heavy atom. The van der Waals surface area contributed by atoms with E-state index in [4.69, 9.17) is 0 Å². The standard InChI is InChI=1S/C40H20/c1-2-12-14-5-6-16-18-9-10-20-19-8-7-17-15-4-3-13-11(1)21-22(12)32-24(14)26(16)34-29(18)30(20)35-28(19)27(17)33-25(15)23(13)31(21)36-37(32)39(34)40(35)38(33)36/h1-8,11-14,21-24H,9-10H2. The minimum Gasteiger partial charge on any atom is -0.0839 e. The van der Waals surface area contributed by atoms with Gasteiger partial charge in [-0.25, -0.2) is 0 Å². The van der Waals surface area contributed by atoms with Gasteiger partial charge in [0.1, 0.15) is 0 Å². The summed E-state index contributed by atoms with van der Waals surface area (Å²) < 4.78 is 0. The molecule has 0 N–H and O–H groups in total. The Morgan fingerprint density at radius 2 is 1.02 bits per heavy atom. The van der Waals surface area contributed by atoms with Crippen molar-refractivity contribution in [3.8, 4) is 0 Å². The molecular weight excluding hydrogens is 480 g/mol. The Balaban J connectivity index is 1.43. The molecule has 8 atom stereocenters. The number of allylic oxidation sites excluding steroid dienone is 4. The van der Waals surface area contributed by atoms with E-state index in [2.05, 4.69) is 48.6 Å². The highest BCUT2D eigenvalue weighted by Crippen LogP contribution is 2.73. The molecule has 40 heavy (non-hydrogen) atoms. The van der Waals surface area contributed by atoms with Gasteiger partial charge in [-0.05, 0) is 168 Å². The lowest BCUT2D eigenvalue weighted by molar-refractivity contribution is 0.290. The number of hydrogen-bond donors (Lipinski definition) is 0. The highest BCUT2D eigenvalue weighted by Gasteiger charge is 2.63. The maximum atomic E-state index is 2.73. The van der Waals surface area contributed by atoms with Crippen molar-refractivity contribution in [2.45, 2.75) is 24.7 Å². The second kappa shape index (κ2) is 4.42. The average molecular weight is 501 g/mol. The molecule has 0 heterocycles. The van der Waals surface area contributed by atoms with Crippen molar-refractivity contribution in [3.63, 3.8) is 0 Å². The molecule has 7 aromatic rings. The topological polar surface area (TPSA) is 0 Å². The predicted molar refractivity (Wildman–Crippen MR) is 163 cm³/mol. The summed E-state index contributed by atoms with van der Waals surface area (Å²) >= 11 is 0. The molecule has 9 aliphatic rings. The monoisotopic (exact) mass is 500 g/mol. The normalized spacial score (nSPS) is 36.4. The summed E-state index contributed by atoms with van der Waals surface area (Å²) in [7, 11) is 0. The first-order valence-corrected chi connectivity index (χ1v) is 15.8. The summed E-state index contributed by atoms with van der Waals surface area (Å²) in [5.41, 5.74) is 14.0. The van der Waals surface area contributed by atoms with Crippen LogP contribution in [0.1, 0.15) is 45.2 Å². The quantitative estimate of drug-likeness (QED) is 0.151. The van der Waals surface area contributed by atoms with E-state index in [1.54, 1.807) is 108 Å². The Morgan fingerprint density at radius 3 is 1.80 bits per heavy atom. The van der Waals surface area contributed by atoms with E-state index in [0.29, 0.717) is 47.3 Å². The minimum absolute atomic E-state index is 0.596. The Bertz CT molecular complexity index is 2850. The molecule has 0 saturated heterocycles. The van der Waals surface area contributed by atoms with Gasteiger partial charge in [0.2, 0.25) is 0 Å². The van der Waals surface area contributed by atoms with Crippen LogP contribution in [0.4, 0.5) is 0 Å². The summed E-state index contributed by atoms with van der Waals surface area (Å²) in [4.78, 5) is 0. The second-order valence-corrected chi connectivity index (χ2v) is 15.1. The van der Waals surface area contributed by atoms with Crippen molar-refractivity contribution < 1.29 is 0 Å². The van der Waals surface area contributed by atoms with Crippen LogP contribution in [0, 0.1) is 35.5 Å². The van der Waals surface area contributed by atoms with E-state index in [9.17, 15) is 0 Å². The molecule has 7 aromatic carbocycles. The SMILES string of the molecule is C1=CC2C3C4=c5c6c7c8c9c(c%10ccc%11c%12c%13c%14c(c1c3c%14c5c7c%13c%11c%108)CC%12)C=CC1C9C=6C3C1C=CC2C43. The zero-order valence-electron chi connectivity index (χ0n) is 21.7. The largest absolute Gasteiger partial charge is 0.0839 e.